The molecule has 94 valence electrons. The van der Waals surface area contributed by atoms with E-state index in [-0.39, 0.29) is 17.4 Å². The first kappa shape index (κ1) is 12.4. The van der Waals surface area contributed by atoms with Crippen molar-refractivity contribution in [2.75, 3.05) is 5.88 Å². The molecular formula is C11H11ClN4O2. The minimum Gasteiger partial charge on any atom is -0.476 e. The smallest absolute Gasteiger partial charge is 0.357 e. The van der Waals surface area contributed by atoms with Gasteiger partial charge in [0.15, 0.2) is 5.69 Å². The van der Waals surface area contributed by atoms with E-state index >= 15 is 0 Å². The van der Waals surface area contributed by atoms with Crippen molar-refractivity contribution in [2.24, 2.45) is 17.8 Å². The fourth-order valence-corrected chi connectivity index (χ4v) is 1.74. The van der Waals surface area contributed by atoms with Gasteiger partial charge in [-0.05, 0) is 18.2 Å². The summed E-state index contributed by atoms with van der Waals surface area (Å²) in [5.41, 5.74) is 6.80. The number of aryl methyl sites for hydroxylation is 1. The molecule has 1 heterocycles. The number of hydrogen-bond donors (Lipinski definition) is 2. The van der Waals surface area contributed by atoms with Crippen LogP contribution in [0, 0.1) is 0 Å². The van der Waals surface area contributed by atoms with Crippen LogP contribution in [0.15, 0.2) is 23.2 Å². The molecule has 7 heteroatoms. The number of hydrogen-bond acceptors (Lipinski definition) is 3. The van der Waals surface area contributed by atoms with Gasteiger partial charge >= 0.3 is 5.97 Å². The number of fused-ring (bicyclic) bond motifs is 1. The third-order valence-electron chi connectivity index (χ3n) is 2.45. The minimum absolute atomic E-state index is 0.00556. The van der Waals surface area contributed by atoms with Crippen molar-refractivity contribution in [3.8, 4) is 0 Å². The minimum atomic E-state index is -1.08. The number of amidine groups is 1. The van der Waals surface area contributed by atoms with Crippen molar-refractivity contribution in [1.29, 1.82) is 0 Å². The van der Waals surface area contributed by atoms with Crippen LogP contribution >= 0.6 is 11.6 Å². The van der Waals surface area contributed by atoms with E-state index in [1.165, 1.54) is 4.68 Å². The molecule has 3 N–H and O–H groups in total. The Balaban J connectivity index is 2.63. The predicted molar refractivity (Wildman–Crippen MR) is 69.7 cm³/mol. The summed E-state index contributed by atoms with van der Waals surface area (Å²) >= 11 is 5.54. The lowest BCUT2D eigenvalue weighted by atomic mass is 10.2. The van der Waals surface area contributed by atoms with Gasteiger partial charge in [-0.2, -0.15) is 5.10 Å². The summed E-state index contributed by atoms with van der Waals surface area (Å²) < 4.78 is 1.51. The van der Waals surface area contributed by atoms with Crippen molar-refractivity contribution in [2.45, 2.75) is 0 Å². The van der Waals surface area contributed by atoms with Gasteiger partial charge in [0.05, 0.1) is 17.1 Å². The number of aliphatic imine (C=N–C) groups is 1. The molecule has 0 amide bonds. The van der Waals surface area contributed by atoms with Crippen LogP contribution in [0.5, 0.6) is 0 Å². The van der Waals surface area contributed by atoms with E-state index in [1.54, 1.807) is 25.2 Å². The average molecular weight is 267 g/mol. The molecule has 0 aliphatic carbocycles. The number of carbonyl (C=O) groups is 1. The molecule has 0 saturated carbocycles. The van der Waals surface area contributed by atoms with Gasteiger partial charge in [-0.15, -0.1) is 11.6 Å². The quantitative estimate of drug-likeness (QED) is 0.500. The van der Waals surface area contributed by atoms with Gasteiger partial charge in [0, 0.05) is 12.4 Å². The highest BCUT2D eigenvalue weighted by Crippen LogP contribution is 2.24. The lowest BCUT2D eigenvalue weighted by Gasteiger charge is -1.98. The number of alkyl halides is 1. The van der Waals surface area contributed by atoms with E-state index < -0.39 is 5.97 Å². The molecule has 6 nitrogen and oxygen atoms in total. The maximum absolute atomic E-state index is 11.1. The third-order valence-corrected chi connectivity index (χ3v) is 2.72. The molecule has 0 radical (unpaired) electrons. The first-order valence-electron chi connectivity index (χ1n) is 5.12. The Morgan fingerprint density at radius 3 is 2.94 bits per heavy atom. The highest BCUT2D eigenvalue weighted by Gasteiger charge is 2.15. The maximum atomic E-state index is 11.1. The Bertz CT molecular complexity index is 648. The van der Waals surface area contributed by atoms with Crippen molar-refractivity contribution >= 4 is 40.0 Å². The van der Waals surface area contributed by atoms with Crippen LogP contribution in [0.4, 0.5) is 5.69 Å². The molecule has 0 bridgehead atoms. The van der Waals surface area contributed by atoms with E-state index in [9.17, 15) is 4.79 Å². The molecule has 2 aromatic rings. The predicted octanol–water partition coefficient (Wildman–Crippen LogP) is 1.50. The van der Waals surface area contributed by atoms with Crippen LogP contribution in [-0.4, -0.2) is 32.6 Å². The Hall–Kier alpha value is -2.08. The van der Waals surface area contributed by atoms with Crippen molar-refractivity contribution in [1.82, 2.24) is 9.78 Å². The van der Waals surface area contributed by atoms with Crippen LogP contribution in [0.25, 0.3) is 10.9 Å². The highest BCUT2D eigenvalue weighted by atomic mass is 35.5. The molecule has 1 aromatic carbocycles. The zero-order valence-corrected chi connectivity index (χ0v) is 10.3. The second-order valence-electron chi connectivity index (χ2n) is 3.72. The molecular weight excluding hydrogens is 256 g/mol. The molecule has 0 fully saturated rings. The van der Waals surface area contributed by atoms with E-state index in [0.717, 1.165) is 5.52 Å². The van der Waals surface area contributed by atoms with Gasteiger partial charge in [0.1, 0.15) is 5.84 Å². The van der Waals surface area contributed by atoms with E-state index in [1.807, 2.05) is 0 Å². The van der Waals surface area contributed by atoms with E-state index in [0.29, 0.717) is 11.1 Å². The van der Waals surface area contributed by atoms with E-state index in [4.69, 9.17) is 22.4 Å². The monoisotopic (exact) mass is 266 g/mol. The summed E-state index contributed by atoms with van der Waals surface area (Å²) in [6, 6.07) is 5.11. The summed E-state index contributed by atoms with van der Waals surface area (Å²) in [6.45, 7) is 0. The lowest BCUT2D eigenvalue weighted by Crippen LogP contribution is -2.12. The van der Waals surface area contributed by atoms with Gasteiger partial charge in [-0.1, -0.05) is 0 Å². The summed E-state index contributed by atoms with van der Waals surface area (Å²) in [6.07, 6.45) is 0. The Labute approximate surface area is 108 Å². The Morgan fingerprint density at radius 1 is 1.61 bits per heavy atom. The number of carboxylic acid groups (broad SMARTS) is 1. The lowest BCUT2D eigenvalue weighted by molar-refractivity contribution is 0.0691. The first-order chi connectivity index (χ1) is 8.52. The second kappa shape index (κ2) is 4.66. The molecule has 0 atom stereocenters. The fraction of sp³-hybridized carbons (Fsp3) is 0.182. The third kappa shape index (κ3) is 2.14. The van der Waals surface area contributed by atoms with Gasteiger partial charge in [0.25, 0.3) is 0 Å². The van der Waals surface area contributed by atoms with Crippen LogP contribution in [0.3, 0.4) is 0 Å². The molecule has 0 spiro atoms. The Kier molecular flexibility index (Phi) is 3.20. The van der Waals surface area contributed by atoms with Gasteiger partial charge in [-0.3, -0.25) is 4.68 Å². The standard InChI is InChI=1S/C11H11ClN4O2/c1-16-8-3-2-6(14-9(13)5-12)4-7(8)10(15-16)11(17)18/h2-4H,5H2,1H3,(H2,13,14)(H,17,18). The first-order valence-corrected chi connectivity index (χ1v) is 5.65. The fourth-order valence-electron chi connectivity index (χ4n) is 1.68. The van der Waals surface area contributed by atoms with Crippen LogP contribution in [-0.2, 0) is 7.05 Å². The Morgan fingerprint density at radius 2 is 2.33 bits per heavy atom. The number of aromatic nitrogens is 2. The second-order valence-corrected chi connectivity index (χ2v) is 3.98. The summed E-state index contributed by atoms with van der Waals surface area (Å²) in [7, 11) is 1.69. The summed E-state index contributed by atoms with van der Waals surface area (Å²) in [4.78, 5) is 15.1. The molecule has 0 aliphatic rings. The SMILES string of the molecule is Cn1nc(C(=O)O)c2cc(N=C(N)CCl)ccc21. The number of nitrogens with two attached hydrogens (primary N) is 1. The number of aromatic carboxylic acids is 1. The summed E-state index contributed by atoms with van der Waals surface area (Å²) in [5, 5.41) is 13.5. The largest absolute Gasteiger partial charge is 0.476 e. The number of nitrogens with zero attached hydrogens (tertiary/aromatic N) is 3. The molecule has 0 saturated heterocycles. The topological polar surface area (TPSA) is 93.5 Å². The molecule has 0 aliphatic heterocycles. The molecule has 18 heavy (non-hydrogen) atoms. The van der Waals surface area contributed by atoms with Crippen LogP contribution in [0.2, 0.25) is 0 Å². The van der Waals surface area contributed by atoms with Crippen molar-refractivity contribution < 1.29 is 9.90 Å². The van der Waals surface area contributed by atoms with Gasteiger partial charge < -0.3 is 10.8 Å². The van der Waals surface area contributed by atoms with Crippen molar-refractivity contribution in [3.05, 3.63) is 23.9 Å². The molecule has 1 aromatic heterocycles. The van der Waals surface area contributed by atoms with Gasteiger partial charge in [-0.25, -0.2) is 9.79 Å². The highest BCUT2D eigenvalue weighted by molar-refractivity contribution is 6.28. The maximum Gasteiger partial charge on any atom is 0.357 e. The summed E-state index contributed by atoms with van der Waals surface area (Å²) in [5.74, 6) is -0.680. The van der Waals surface area contributed by atoms with Crippen molar-refractivity contribution in [3.63, 3.8) is 0 Å². The molecule has 0 unspecified atom stereocenters. The average Bonchev–Trinajstić information content (AvgIpc) is 2.66. The number of rotatable bonds is 3. The number of benzene rings is 1. The van der Waals surface area contributed by atoms with Gasteiger partial charge in [0.2, 0.25) is 0 Å². The molecule has 2 rings (SSSR count). The van der Waals surface area contributed by atoms with E-state index in [2.05, 4.69) is 10.1 Å². The zero-order chi connectivity index (χ0) is 13.3. The number of carboxylic acids is 1. The van der Waals surface area contributed by atoms with Crippen LogP contribution < -0.4 is 5.73 Å². The normalized spacial score (nSPS) is 12.0. The van der Waals surface area contributed by atoms with Crippen LogP contribution in [0.1, 0.15) is 10.5 Å². The zero-order valence-electron chi connectivity index (χ0n) is 9.59. The number of halogens is 1.